The maximum atomic E-state index is 13.3. The van der Waals surface area contributed by atoms with E-state index >= 15 is 0 Å². The maximum absolute atomic E-state index is 13.3. The van der Waals surface area contributed by atoms with Crippen molar-refractivity contribution in [3.63, 3.8) is 0 Å². The second-order valence-corrected chi connectivity index (χ2v) is 9.40. The predicted molar refractivity (Wildman–Crippen MR) is 110 cm³/mol. The molecule has 3 aromatic rings. The van der Waals surface area contributed by atoms with Crippen molar-refractivity contribution >= 4 is 33.3 Å². The van der Waals surface area contributed by atoms with Crippen molar-refractivity contribution in [2.75, 3.05) is 26.9 Å². The van der Waals surface area contributed by atoms with E-state index in [1.165, 1.54) is 16.0 Å². The van der Waals surface area contributed by atoms with Crippen LogP contribution in [0.25, 0.3) is 10.2 Å². The molecule has 0 saturated carbocycles. The van der Waals surface area contributed by atoms with Crippen molar-refractivity contribution in [2.24, 2.45) is 0 Å². The maximum Gasteiger partial charge on any atom is 0.263 e. The average molecular weight is 513 g/mol. The van der Waals surface area contributed by atoms with E-state index in [0.717, 1.165) is 45.8 Å². The molecule has 0 atom stereocenters. The number of likely N-dealkylation sites (N-methyl/N-ethyl adjacent to an activating group) is 1. The minimum Gasteiger partial charge on any atom is -1.00 e. The van der Waals surface area contributed by atoms with Crippen LogP contribution in [0.3, 0.4) is 0 Å². The first-order chi connectivity index (χ1) is 12.5. The number of halogens is 1. The monoisotopic (exact) mass is 513 g/mol. The van der Waals surface area contributed by atoms with Crippen LogP contribution >= 0.6 is 23.1 Å². The highest BCUT2D eigenvalue weighted by molar-refractivity contribution is 7.98. The lowest BCUT2D eigenvalue weighted by molar-refractivity contribution is -0.905. The van der Waals surface area contributed by atoms with E-state index in [4.69, 9.17) is 4.98 Å². The molecule has 1 aliphatic rings. The summed E-state index contributed by atoms with van der Waals surface area (Å²) in [7, 11) is 4.51. The minimum atomic E-state index is 0. The number of fused-ring (bicyclic) bond motifs is 3. The van der Waals surface area contributed by atoms with Crippen LogP contribution < -0.4 is 29.5 Å². The predicted octanol–water partition coefficient (Wildman–Crippen LogP) is 0.559. The fourth-order valence-electron chi connectivity index (χ4n) is 3.68. The van der Waals surface area contributed by atoms with Crippen molar-refractivity contribution in [1.29, 1.82) is 0 Å². The molecule has 0 saturated heterocycles. The SMILES string of the molecule is CSc1nc2sc3c(c2c(=O)n1CCc1ccccc1)CC[N+](C)(C)C3.[I-]. The molecule has 3 heterocycles. The summed E-state index contributed by atoms with van der Waals surface area (Å²) in [5.74, 6) is 0. The topological polar surface area (TPSA) is 34.9 Å². The minimum absolute atomic E-state index is 0. The van der Waals surface area contributed by atoms with Crippen molar-refractivity contribution < 1.29 is 28.5 Å². The number of hydrogen-bond acceptors (Lipinski definition) is 4. The van der Waals surface area contributed by atoms with E-state index in [-0.39, 0.29) is 29.5 Å². The van der Waals surface area contributed by atoms with Gasteiger partial charge in [0, 0.05) is 13.0 Å². The second kappa shape index (κ2) is 8.23. The van der Waals surface area contributed by atoms with Gasteiger partial charge < -0.3 is 28.5 Å². The first kappa shape index (κ1) is 20.8. The summed E-state index contributed by atoms with van der Waals surface area (Å²) in [4.78, 5) is 20.5. The molecule has 0 amide bonds. The molecule has 0 bridgehead atoms. The van der Waals surface area contributed by atoms with Crippen LogP contribution in [-0.4, -0.2) is 40.9 Å². The molecule has 0 N–H and O–H groups in total. The zero-order chi connectivity index (χ0) is 18.3. The Morgan fingerprint density at radius 3 is 2.70 bits per heavy atom. The van der Waals surface area contributed by atoms with Crippen LogP contribution in [-0.2, 0) is 25.9 Å². The number of aromatic nitrogens is 2. The number of aryl methyl sites for hydroxylation is 1. The summed E-state index contributed by atoms with van der Waals surface area (Å²) in [6, 6.07) is 10.3. The van der Waals surface area contributed by atoms with E-state index < -0.39 is 0 Å². The largest absolute Gasteiger partial charge is 1.00 e. The molecule has 0 unspecified atom stereocenters. The Morgan fingerprint density at radius 2 is 2.00 bits per heavy atom. The molecular formula is C20H24IN3OS2. The third-order valence-corrected chi connectivity index (χ3v) is 6.93. The molecule has 0 fully saturated rings. The van der Waals surface area contributed by atoms with Gasteiger partial charge >= 0.3 is 0 Å². The number of nitrogens with zero attached hydrogens (tertiary/aromatic N) is 3. The number of benzene rings is 1. The second-order valence-electron chi connectivity index (χ2n) is 7.54. The first-order valence-corrected chi connectivity index (χ1v) is 11.0. The van der Waals surface area contributed by atoms with Crippen molar-refractivity contribution in [1.82, 2.24) is 9.55 Å². The summed E-state index contributed by atoms with van der Waals surface area (Å²) in [5, 5.41) is 1.70. The Bertz CT molecular complexity index is 1010. The van der Waals surface area contributed by atoms with E-state index in [9.17, 15) is 4.79 Å². The highest BCUT2D eigenvalue weighted by atomic mass is 127. The van der Waals surface area contributed by atoms with Gasteiger partial charge in [0.2, 0.25) is 0 Å². The van der Waals surface area contributed by atoms with Crippen molar-refractivity contribution in [3.05, 3.63) is 56.7 Å². The fourth-order valence-corrected chi connectivity index (χ4v) is 5.73. The van der Waals surface area contributed by atoms with Crippen LogP contribution in [0.15, 0.2) is 40.3 Å². The molecule has 0 spiro atoms. The van der Waals surface area contributed by atoms with Crippen LogP contribution in [0.1, 0.15) is 16.0 Å². The average Bonchev–Trinajstić information content (AvgIpc) is 2.97. The first-order valence-electron chi connectivity index (χ1n) is 8.93. The summed E-state index contributed by atoms with van der Waals surface area (Å²) >= 11 is 3.28. The lowest BCUT2D eigenvalue weighted by atomic mass is 10.0. The van der Waals surface area contributed by atoms with Crippen molar-refractivity contribution in [3.8, 4) is 0 Å². The normalized spacial score (nSPS) is 15.4. The molecule has 27 heavy (non-hydrogen) atoms. The molecule has 0 radical (unpaired) electrons. The van der Waals surface area contributed by atoms with Gasteiger partial charge in [0.25, 0.3) is 5.56 Å². The zero-order valence-corrected chi connectivity index (χ0v) is 19.7. The molecule has 0 aliphatic carbocycles. The lowest BCUT2D eigenvalue weighted by Gasteiger charge is -2.33. The Balaban J connectivity index is 0.00000210. The lowest BCUT2D eigenvalue weighted by Crippen LogP contribution is -3.00. The van der Waals surface area contributed by atoms with Gasteiger partial charge in [-0.15, -0.1) is 11.3 Å². The summed E-state index contributed by atoms with van der Waals surface area (Å²) in [5.41, 5.74) is 2.64. The van der Waals surface area contributed by atoms with Gasteiger partial charge in [-0.25, -0.2) is 4.98 Å². The Morgan fingerprint density at radius 1 is 1.26 bits per heavy atom. The summed E-state index contributed by atoms with van der Waals surface area (Å²) in [6.07, 6.45) is 3.81. The number of rotatable bonds is 4. The Kier molecular flexibility index (Phi) is 6.34. The van der Waals surface area contributed by atoms with E-state index in [1.54, 1.807) is 23.1 Å². The molecule has 7 heteroatoms. The summed E-state index contributed by atoms with van der Waals surface area (Å²) < 4.78 is 2.86. The fraction of sp³-hybridized carbons (Fsp3) is 0.400. The standard InChI is InChI=1S/C20H24N3OS2.HI/c1-23(2)12-10-15-16(13-23)26-18-17(15)19(24)22(20(21-18)25-3)11-9-14-7-5-4-6-8-14;/h4-8H,9-13H2,1-3H3;1H/q+1;/p-1. The molecule has 1 aliphatic heterocycles. The van der Waals surface area contributed by atoms with Gasteiger partial charge in [-0.05, 0) is 23.8 Å². The van der Waals surface area contributed by atoms with Crippen LogP contribution in [0.4, 0.5) is 0 Å². The molecule has 4 rings (SSSR count). The molecule has 144 valence electrons. The molecule has 1 aromatic carbocycles. The molecule has 2 aromatic heterocycles. The van der Waals surface area contributed by atoms with E-state index in [2.05, 4.69) is 26.2 Å². The highest BCUT2D eigenvalue weighted by Crippen LogP contribution is 2.34. The van der Waals surface area contributed by atoms with Gasteiger partial charge in [0.15, 0.2) is 5.16 Å². The van der Waals surface area contributed by atoms with Gasteiger partial charge in [-0.1, -0.05) is 42.1 Å². The number of hydrogen-bond donors (Lipinski definition) is 0. The zero-order valence-electron chi connectivity index (χ0n) is 15.9. The highest BCUT2D eigenvalue weighted by Gasteiger charge is 2.30. The quantitative estimate of drug-likeness (QED) is 0.222. The third kappa shape index (κ3) is 4.11. The van der Waals surface area contributed by atoms with E-state index in [0.29, 0.717) is 6.54 Å². The Labute approximate surface area is 185 Å². The summed E-state index contributed by atoms with van der Waals surface area (Å²) in [6.45, 7) is 2.75. The van der Waals surface area contributed by atoms with Gasteiger partial charge in [0.05, 0.1) is 30.9 Å². The molecule has 4 nitrogen and oxygen atoms in total. The van der Waals surface area contributed by atoms with Crippen LogP contribution in [0.5, 0.6) is 0 Å². The van der Waals surface area contributed by atoms with Gasteiger partial charge in [-0.2, -0.15) is 0 Å². The van der Waals surface area contributed by atoms with Crippen LogP contribution in [0, 0.1) is 0 Å². The Hall–Kier alpha value is -0.900. The number of thioether (sulfide) groups is 1. The smallest absolute Gasteiger partial charge is 0.263 e. The molecular weight excluding hydrogens is 489 g/mol. The third-order valence-electron chi connectivity index (χ3n) is 5.15. The van der Waals surface area contributed by atoms with Gasteiger partial charge in [0.1, 0.15) is 11.4 Å². The van der Waals surface area contributed by atoms with Crippen molar-refractivity contribution in [2.45, 2.75) is 31.1 Å². The number of thiophene rings is 1. The van der Waals surface area contributed by atoms with Crippen LogP contribution in [0.2, 0.25) is 0 Å². The van der Waals surface area contributed by atoms with E-state index in [1.807, 2.05) is 29.0 Å². The number of quaternary nitrogens is 1. The van der Waals surface area contributed by atoms with Gasteiger partial charge in [-0.3, -0.25) is 9.36 Å².